The molecule has 2 rings (SSSR count). The number of hydrogen-bond donors (Lipinski definition) is 0. The van der Waals surface area contributed by atoms with Gasteiger partial charge in [0.25, 0.3) is 5.69 Å². The lowest BCUT2D eigenvalue weighted by atomic mass is 10.0. The van der Waals surface area contributed by atoms with Gasteiger partial charge < -0.3 is 0 Å². The first-order valence-corrected chi connectivity index (χ1v) is 8.58. The Kier molecular flexibility index (Phi) is 5.57. The molecule has 1 unspecified atom stereocenters. The molecule has 0 aliphatic carbocycles. The molecule has 20 heavy (non-hydrogen) atoms. The highest BCUT2D eigenvalue weighted by Crippen LogP contribution is 2.33. The summed E-state index contributed by atoms with van der Waals surface area (Å²) in [4.78, 5) is 10.4. The fourth-order valence-electron chi connectivity index (χ4n) is 1.83. The summed E-state index contributed by atoms with van der Waals surface area (Å²) in [5.74, 6) is 0. The molecule has 0 spiro atoms. The fraction of sp³-hybridized carbons (Fsp3) is 0.143. The summed E-state index contributed by atoms with van der Waals surface area (Å²) in [6, 6.07) is 12.9. The Morgan fingerprint density at radius 2 is 1.85 bits per heavy atom. The molecule has 0 aliphatic rings. The van der Waals surface area contributed by atoms with Gasteiger partial charge in [0.1, 0.15) is 0 Å². The van der Waals surface area contributed by atoms with Crippen LogP contribution in [0.4, 0.5) is 5.69 Å². The van der Waals surface area contributed by atoms with E-state index < -0.39 is 0 Å². The molecule has 0 heterocycles. The van der Waals surface area contributed by atoms with Crippen LogP contribution in [0.1, 0.15) is 16.0 Å². The van der Waals surface area contributed by atoms with E-state index in [1.54, 1.807) is 24.3 Å². The Morgan fingerprint density at radius 1 is 1.20 bits per heavy atom. The van der Waals surface area contributed by atoms with Crippen LogP contribution in [0.3, 0.4) is 0 Å². The van der Waals surface area contributed by atoms with Crippen molar-refractivity contribution in [2.45, 2.75) is 11.2 Å². The lowest BCUT2D eigenvalue weighted by Crippen LogP contribution is -1.97. The van der Waals surface area contributed by atoms with Crippen LogP contribution in [-0.2, 0) is 6.42 Å². The number of rotatable bonds is 4. The van der Waals surface area contributed by atoms with Crippen LogP contribution in [0.2, 0.25) is 0 Å². The van der Waals surface area contributed by atoms with Gasteiger partial charge in [-0.05, 0) is 58.3 Å². The summed E-state index contributed by atoms with van der Waals surface area (Å²) in [6.07, 6.45) is 0.774. The number of alkyl halides is 1. The zero-order chi connectivity index (χ0) is 14.7. The summed E-state index contributed by atoms with van der Waals surface area (Å²) in [7, 11) is 0. The maximum absolute atomic E-state index is 10.6. The lowest BCUT2D eigenvalue weighted by molar-refractivity contribution is -0.384. The molecule has 0 saturated heterocycles. The Bertz CT molecular complexity index is 632. The molecular formula is C14H10Br2INO2. The van der Waals surface area contributed by atoms with Crippen molar-refractivity contribution in [2.75, 3.05) is 0 Å². The number of hydrogen-bond acceptors (Lipinski definition) is 2. The highest BCUT2D eigenvalue weighted by Gasteiger charge is 2.13. The number of benzene rings is 2. The van der Waals surface area contributed by atoms with Gasteiger partial charge in [-0.15, -0.1) is 0 Å². The second kappa shape index (κ2) is 7.00. The SMILES string of the molecule is O=[N+]([O-])c1ccc(CC(Br)c2cc(I)ccc2Br)cc1. The Labute approximate surface area is 147 Å². The van der Waals surface area contributed by atoms with Crippen molar-refractivity contribution in [2.24, 2.45) is 0 Å². The second-order valence-corrected chi connectivity index (χ2v) is 7.47. The number of nitro benzene ring substituents is 1. The largest absolute Gasteiger partial charge is 0.269 e. The molecule has 0 aromatic heterocycles. The third-order valence-electron chi connectivity index (χ3n) is 2.86. The predicted octanol–water partition coefficient (Wildman–Crippen LogP) is 5.64. The molecule has 2 aromatic carbocycles. The van der Waals surface area contributed by atoms with Crippen molar-refractivity contribution in [3.63, 3.8) is 0 Å². The van der Waals surface area contributed by atoms with E-state index >= 15 is 0 Å². The third kappa shape index (κ3) is 4.02. The molecule has 3 nitrogen and oxygen atoms in total. The highest BCUT2D eigenvalue weighted by molar-refractivity contribution is 14.1. The van der Waals surface area contributed by atoms with Crippen molar-refractivity contribution < 1.29 is 4.92 Å². The monoisotopic (exact) mass is 509 g/mol. The number of nitro groups is 1. The Morgan fingerprint density at radius 3 is 2.45 bits per heavy atom. The van der Waals surface area contributed by atoms with E-state index in [-0.39, 0.29) is 15.4 Å². The number of nitrogens with zero attached hydrogens (tertiary/aromatic N) is 1. The maximum Gasteiger partial charge on any atom is 0.269 e. The van der Waals surface area contributed by atoms with Gasteiger partial charge in [-0.25, -0.2) is 0 Å². The van der Waals surface area contributed by atoms with E-state index in [0.717, 1.165) is 16.5 Å². The molecule has 0 saturated carbocycles. The smallest absolute Gasteiger partial charge is 0.258 e. The molecule has 0 N–H and O–H groups in total. The molecular weight excluding hydrogens is 501 g/mol. The lowest BCUT2D eigenvalue weighted by Gasteiger charge is -2.13. The first kappa shape index (κ1) is 15.9. The fourth-order valence-corrected chi connectivity index (χ4v) is 3.92. The van der Waals surface area contributed by atoms with Gasteiger partial charge in [0.15, 0.2) is 0 Å². The minimum atomic E-state index is -0.383. The first-order chi connectivity index (χ1) is 9.47. The molecule has 2 aromatic rings. The minimum absolute atomic E-state index is 0.121. The van der Waals surface area contributed by atoms with E-state index in [9.17, 15) is 10.1 Å². The molecule has 1 atom stereocenters. The zero-order valence-electron chi connectivity index (χ0n) is 10.2. The minimum Gasteiger partial charge on any atom is -0.258 e. The number of halogens is 3. The Hall–Kier alpha value is -0.470. The van der Waals surface area contributed by atoms with Crippen molar-refractivity contribution in [1.29, 1.82) is 0 Å². The molecule has 0 radical (unpaired) electrons. The van der Waals surface area contributed by atoms with E-state index in [0.29, 0.717) is 0 Å². The zero-order valence-corrected chi connectivity index (χ0v) is 15.6. The van der Waals surface area contributed by atoms with Gasteiger partial charge in [0.2, 0.25) is 0 Å². The molecule has 0 fully saturated rings. The van der Waals surface area contributed by atoms with Gasteiger partial charge in [-0.3, -0.25) is 10.1 Å². The Balaban J connectivity index is 2.16. The second-order valence-electron chi connectivity index (χ2n) is 4.26. The van der Waals surface area contributed by atoms with Gasteiger partial charge in [0.05, 0.1) is 4.92 Å². The average molecular weight is 511 g/mol. The molecule has 104 valence electrons. The van der Waals surface area contributed by atoms with Gasteiger partial charge in [-0.2, -0.15) is 0 Å². The maximum atomic E-state index is 10.6. The number of non-ortho nitro benzene ring substituents is 1. The third-order valence-corrected chi connectivity index (χ3v) is 5.07. The van der Waals surface area contributed by atoms with Crippen LogP contribution in [0.25, 0.3) is 0 Å². The van der Waals surface area contributed by atoms with Gasteiger partial charge in [0, 0.05) is 25.0 Å². The van der Waals surface area contributed by atoms with Crippen molar-refractivity contribution in [3.8, 4) is 0 Å². The first-order valence-electron chi connectivity index (χ1n) is 5.79. The van der Waals surface area contributed by atoms with E-state index in [4.69, 9.17) is 0 Å². The van der Waals surface area contributed by atoms with Crippen LogP contribution < -0.4 is 0 Å². The van der Waals surface area contributed by atoms with Crippen LogP contribution in [0, 0.1) is 13.7 Å². The van der Waals surface area contributed by atoms with Crippen LogP contribution in [-0.4, -0.2) is 4.92 Å². The highest BCUT2D eigenvalue weighted by atomic mass is 127. The predicted molar refractivity (Wildman–Crippen MR) is 95.3 cm³/mol. The van der Waals surface area contributed by atoms with Crippen LogP contribution in [0.15, 0.2) is 46.9 Å². The standard InChI is InChI=1S/C14H10Br2INO2/c15-13-6-3-10(17)8-12(13)14(16)7-9-1-4-11(5-2-9)18(19)20/h1-6,8,14H,7H2. The van der Waals surface area contributed by atoms with E-state index in [2.05, 4.69) is 60.5 Å². The topological polar surface area (TPSA) is 43.1 Å². The summed E-state index contributed by atoms with van der Waals surface area (Å²) >= 11 is 9.52. The molecule has 0 amide bonds. The van der Waals surface area contributed by atoms with E-state index in [1.807, 2.05) is 12.1 Å². The normalized spacial score (nSPS) is 12.2. The van der Waals surface area contributed by atoms with Crippen molar-refractivity contribution in [3.05, 3.63) is 71.7 Å². The van der Waals surface area contributed by atoms with Crippen LogP contribution >= 0.6 is 54.5 Å². The summed E-state index contributed by atoms with van der Waals surface area (Å²) in [5.41, 5.74) is 2.36. The quantitative estimate of drug-likeness (QED) is 0.231. The average Bonchev–Trinajstić information content (AvgIpc) is 2.42. The summed E-state index contributed by atoms with van der Waals surface area (Å²) in [5, 5.41) is 10.6. The molecule has 0 bridgehead atoms. The van der Waals surface area contributed by atoms with Crippen LogP contribution in [0.5, 0.6) is 0 Å². The molecule has 6 heteroatoms. The van der Waals surface area contributed by atoms with E-state index in [1.165, 1.54) is 9.13 Å². The van der Waals surface area contributed by atoms with Gasteiger partial charge in [-0.1, -0.05) is 44.0 Å². The van der Waals surface area contributed by atoms with Crippen molar-refractivity contribution >= 4 is 60.1 Å². The van der Waals surface area contributed by atoms with Crippen molar-refractivity contribution in [1.82, 2.24) is 0 Å². The molecule has 0 aliphatic heterocycles. The summed E-state index contributed by atoms with van der Waals surface area (Å²) in [6.45, 7) is 0. The summed E-state index contributed by atoms with van der Waals surface area (Å²) < 4.78 is 2.23. The van der Waals surface area contributed by atoms with Gasteiger partial charge >= 0.3 is 0 Å².